The van der Waals surface area contributed by atoms with Crippen molar-refractivity contribution in [2.45, 2.75) is 38.6 Å². The van der Waals surface area contributed by atoms with Crippen LogP contribution in [0.4, 0.5) is 4.79 Å². The summed E-state index contributed by atoms with van der Waals surface area (Å²) in [6, 6.07) is 7.09. The predicted octanol–water partition coefficient (Wildman–Crippen LogP) is 1.37. The zero-order valence-electron chi connectivity index (χ0n) is 20.8. The molecule has 1 aromatic carbocycles. The van der Waals surface area contributed by atoms with E-state index in [9.17, 15) is 28.8 Å². The van der Waals surface area contributed by atoms with Crippen molar-refractivity contribution in [3.05, 3.63) is 35.4 Å². The summed E-state index contributed by atoms with van der Waals surface area (Å²) in [6.45, 7) is 3.44. The van der Waals surface area contributed by atoms with Gasteiger partial charge in [0.2, 0.25) is 17.7 Å². The van der Waals surface area contributed by atoms with E-state index < -0.39 is 0 Å². The van der Waals surface area contributed by atoms with Gasteiger partial charge in [0.15, 0.2) is 0 Å². The van der Waals surface area contributed by atoms with Crippen molar-refractivity contribution in [3.63, 3.8) is 0 Å². The van der Waals surface area contributed by atoms with Gasteiger partial charge in [0.05, 0.1) is 17.2 Å². The number of nitrogens with zero attached hydrogens (tertiary/aromatic N) is 4. The number of amides is 6. The van der Waals surface area contributed by atoms with Gasteiger partial charge in [-0.1, -0.05) is 12.1 Å². The van der Waals surface area contributed by atoms with E-state index in [4.69, 9.17) is 0 Å². The molecule has 4 heterocycles. The first-order valence-corrected chi connectivity index (χ1v) is 11.3. The van der Waals surface area contributed by atoms with Crippen LogP contribution in [0, 0.1) is 0 Å². The van der Waals surface area contributed by atoms with Crippen LogP contribution in [-0.4, -0.2) is 103 Å². The molecule has 0 aromatic heterocycles. The largest absolute Gasteiger partial charge is 0.447 e. The summed E-state index contributed by atoms with van der Waals surface area (Å²) in [5.41, 5.74) is 1.01. The third-order valence-corrected chi connectivity index (χ3v) is 6.01. The number of hydrogen-bond acceptors (Lipinski definition) is 7. The van der Waals surface area contributed by atoms with Crippen LogP contribution in [0.3, 0.4) is 0 Å². The SMILES string of the molecule is CC1COC(=O)N1C.CN1C(=O)CCC1=O.CN1C(=O)c2ccccc2C1=O.CN1CCCC1=O. The molecule has 0 bridgehead atoms. The minimum absolute atomic E-state index is 0.0602. The maximum Gasteiger partial charge on any atom is 0.409 e. The van der Waals surface area contributed by atoms with Crippen LogP contribution in [0.15, 0.2) is 24.3 Å². The van der Waals surface area contributed by atoms with Gasteiger partial charge in [-0.15, -0.1) is 0 Å². The van der Waals surface area contributed by atoms with Gasteiger partial charge < -0.3 is 14.5 Å². The average molecular weight is 489 g/mol. The lowest BCUT2D eigenvalue weighted by molar-refractivity contribution is -0.136. The van der Waals surface area contributed by atoms with E-state index in [-0.39, 0.29) is 35.8 Å². The Morgan fingerprint density at radius 3 is 1.49 bits per heavy atom. The van der Waals surface area contributed by atoms with E-state index in [0.717, 1.165) is 24.3 Å². The molecule has 1 aromatic rings. The number of imide groups is 2. The minimum Gasteiger partial charge on any atom is -0.447 e. The molecule has 0 N–H and O–H groups in total. The fraction of sp³-hybridized carbons (Fsp3) is 0.500. The number of likely N-dealkylation sites (N-methyl/N-ethyl adjacent to an activating group) is 1. The topological polar surface area (TPSA) is 125 Å². The molecule has 11 nitrogen and oxygen atoms in total. The summed E-state index contributed by atoms with van der Waals surface area (Å²) in [5.74, 6) is -0.254. The maximum absolute atomic E-state index is 11.3. The first-order valence-electron chi connectivity index (χ1n) is 11.3. The Morgan fingerprint density at radius 2 is 1.26 bits per heavy atom. The molecule has 4 aliphatic rings. The molecule has 0 radical (unpaired) electrons. The third-order valence-electron chi connectivity index (χ3n) is 6.01. The molecule has 4 aliphatic heterocycles. The fourth-order valence-corrected chi connectivity index (χ4v) is 3.37. The van der Waals surface area contributed by atoms with Crippen molar-refractivity contribution in [2.75, 3.05) is 41.3 Å². The normalized spacial score (nSPS) is 20.7. The number of fused-ring (bicyclic) bond motifs is 1. The maximum atomic E-state index is 11.3. The van der Waals surface area contributed by atoms with Crippen molar-refractivity contribution in [1.82, 2.24) is 19.6 Å². The van der Waals surface area contributed by atoms with E-state index in [1.165, 1.54) is 19.0 Å². The third kappa shape index (κ3) is 6.87. The monoisotopic (exact) mass is 488 g/mol. The van der Waals surface area contributed by atoms with Crippen LogP contribution < -0.4 is 0 Å². The highest BCUT2D eigenvalue weighted by atomic mass is 16.6. The summed E-state index contributed by atoms with van der Waals surface area (Å²) in [4.78, 5) is 70.2. The van der Waals surface area contributed by atoms with Gasteiger partial charge in [-0.05, 0) is 25.5 Å². The molecule has 0 saturated carbocycles. The number of ether oxygens (including phenoxy) is 1. The Morgan fingerprint density at radius 1 is 0.743 bits per heavy atom. The number of cyclic esters (lactones) is 1. The Hall–Kier alpha value is -3.76. The van der Waals surface area contributed by atoms with Crippen LogP contribution in [-0.2, 0) is 19.1 Å². The molecular formula is C24H32N4O7. The van der Waals surface area contributed by atoms with Crippen LogP contribution in [0.1, 0.15) is 53.3 Å². The van der Waals surface area contributed by atoms with E-state index in [2.05, 4.69) is 4.74 Å². The predicted molar refractivity (Wildman–Crippen MR) is 125 cm³/mol. The average Bonchev–Trinajstić information content (AvgIpc) is 3.53. The van der Waals surface area contributed by atoms with Crippen LogP contribution >= 0.6 is 0 Å². The Labute approximate surface area is 204 Å². The molecular weight excluding hydrogens is 456 g/mol. The minimum atomic E-state index is -0.212. The number of hydrogen-bond donors (Lipinski definition) is 0. The van der Waals surface area contributed by atoms with Crippen molar-refractivity contribution in [1.29, 1.82) is 0 Å². The second kappa shape index (κ2) is 12.1. The number of rotatable bonds is 0. The van der Waals surface area contributed by atoms with Crippen LogP contribution in [0.2, 0.25) is 0 Å². The summed E-state index contributed by atoms with van der Waals surface area (Å²) >= 11 is 0. The number of carbonyl (C=O) groups is 6. The standard InChI is InChI=1S/C9H7NO2.C5H9NO2.C5H7NO2.C5H9NO/c1-10-8(11)6-4-2-3-5-7(6)9(10)12;1-4-3-8-5(7)6(4)2;1-6-4(7)2-3-5(6)8;1-6-4-2-3-5(6)7/h2-5H,1H3;4H,3H2,1-2H3;2-3H2,1H3;2-4H2,1H3. The molecule has 190 valence electrons. The molecule has 3 fully saturated rings. The van der Waals surface area contributed by atoms with Crippen molar-refractivity contribution < 1.29 is 33.5 Å². The highest BCUT2D eigenvalue weighted by molar-refractivity contribution is 6.21. The van der Waals surface area contributed by atoms with E-state index in [1.807, 2.05) is 14.0 Å². The highest BCUT2D eigenvalue weighted by Crippen LogP contribution is 2.20. The van der Waals surface area contributed by atoms with Gasteiger partial charge in [0.1, 0.15) is 6.61 Å². The number of likely N-dealkylation sites (tertiary alicyclic amines) is 2. The highest BCUT2D eigenvalue weighted by Gasteiger charge is 2.31. The molecule has 1 unspecified atom stereocenters. The second-order valence-corrected chi connectivity index (χ2v) is 8.52. The van der Waals surface area contributed by atoms with Crippen molar-refractivity contribution >= 4 is 35.6 Å². The first-order chi connectivity index (χ1) is 16.5. The summed E-state index contributed by atoms with van der Waals surface area (Å²) < 4.78 is 4.66. The van der Waals surface area contributed by atoms with Gasteiger partial charge in [0.25, 0.3) is 11.8 Å². The molecule has 1 atom stereocenters. The fourth-order valence-electron chi connectivity index (χ4n) is 3.37. The zero-order chi connectivity index (χ0) is 26.3. The van der Waals surface area contributed by atoms with Gasteiger partial charge in [-0.3, -0.25) is 33.8 Å². The lowest BCUT2D eigenvalue weighted by Crippen LogP contribution is -2.25. The van der Waals surface area contributed by atoms with E-state index >= 15 is 0 Å². The summed E-state index contributed by atoms with van der Waals surface area (Å²) in [7, 11) is 6.58. The zero-order valence-corrected chi connectivity index (χ0v) is 20.8. The van der Waals surface area contributed by atoms with Crippen LogP contribution in [0.25, 0.3) is 0 Å². The molecule has 5 rings (SSSR count). The van der Waals surface area contributed by atoms with Gasteiger partial charge >= 0.3 is 6.09 Å². The number of benzene rings is 1. The Kier molecular flexibility index (Phi) is 9.50. The first kappa shape index (κ1) is 27.5. The quantitative estimate of drug-likeness (QED) is 0.505. The Bertz CT molecular complexity index is 958. The Balaban J connectivity index is 0.000000169. The summed E-state index contributed by atoms with van der Waals surface area (Å²) in [5, 5.41) is 0. The van der Waals surface area contributed by atoms with Gasteiger partial charge in [-0.25, -0.2) is 4.79 Å². The second-order valence-electron chi connectivity index (χ2n) is 8.52. The van der Waals surface area contributed by atoms with Crippen LogP contribution in [0.5, 0.6) is 0 Å². The number of carbonyl (C=O) groups excluding carboxylic acids is 6. The van der Waals surface area contributed by atoms with Gasteiger partial charge in [0, 0.05) is 54.0 Å². The molecule has 35 heavy (non-hydrogen) atoms. The van der Waals surface area contributed by atoms with E-state index in [1.54, 1.807) is 41.1 Å². The molecule has 0 spiro atoms. The molecule has 3 saturated heterocycles. The van der Waals surface area contributed by atoms with E-state index in [0.29, 0.717) is 36.5 Å². The molecule has 6 amide bonds. The lowest BCUT2D eigenvalue weighted by atomic mass is 10.1. The van der Waals surface area contributed by atoms with Crippen molar-refractivity contribution in [2.24, 2.45) is 0 Å². The summed E-state index contributed by atoms with van der Waals surface area (Å²) in [6.07, 6.45) is 2.40. The molecule has 11 heteroatoms. The lowest BCUT2D eigenvalue weighted by Gasteiger charge is -2.08. The smallest absolute Gasteiger partial charge is 0.409 e. The van der Waals surface area contributed by atoms with Crippen molar-refractivity contribution in [3.8, 4) is 0 Å². The van der Waals surface area contributed by atoms with Gasteiger partial charge in [-0.2, -0.15) is 0 Å². The molecule has 0 aliphatic carbocycles.